The van der Waals surface area contributed by atoms with Crippen molar-refractivity contribution in [3.05, 3.63) is 40.0 Å². The highest BCUT2D eigenvalue weighted by Crippen LogP contribution is 2.21. The first-order chi connectivity index (χ1) is 11.2. The lowest BCUT2D eigenvalue weighted by atomic mass is 10.2. The van der Waals surface area contributed by atoms with Crippen LogP contribution in [-0.4, -0.2) is 21.2 Å². The van der Waals surface area contributed by atoms with E-state index in [0.717, 1.165) is 45.0 Å². The Morgan fingerprint density at radius 1 is 1.39 bits per heavy atom. The van der Waals surface area contributed by atoms with Crippen molar-refractivity contribution in [1.82, 2.24) is 20.5 Å². The number of H-pyrrole nitrogens is 1. The van der Waals surface area contributed by atoms with Crippen molar-refractivity contribution in [3.63, 3.8) is 0 Å². The third kappa shape index (κ3) is 3.50. The number of aryl methyl sites for hydroxylation is 2. The molecule has 0 bridgehead atoms. The molecule has 0 aliphatic heterocycles. The topological polar surface area (TPSA) is 82.7 Å². The molecule has 0 saturated heterocycles. The predicted molar refractivity (Wildman–Crippen MR) is 92.8 cm³/mol. The lowest BCUT2D eigenvalue weighted by Gasteiger charge is -2.07. The molecule has 2 aromatic heterocycles. The van der Waals surface area contributed by atoms with Crippen molar-refractivity contribution in [2.75, 3.05) is 5.32 Å². The van der Waals surface area contributed by atoms with Gasteiger partial charge in [-0.25, -0.2) is 9.78 Å². The van der Waals surface area contributed by atoms with E-state index in [0.29, 0.717) is 6.54 Å². The Hall–Kier alpha value is -2.41. The van der Waals surface area contributed by atoms with Gasteiger partial charge in [0.1, 0.15) is 0 Å². The highest BCUT2D eigenvalue weighted by molar-refractivity contribution is 7.11. The molecule has 2 amide bonds. The highest BCUT2D eigenvalue weighted by atomic mass is 32.1. The van der Waals surface area contributed by atoms with Crippen molar-refractivity contribution < 1.29 is 4.79 Å². The molecule has 23 heavy (non-hydrogen) atoms. The highest BCUT2D eigenvalue weighted by Gasteiger charge is 2.10. The number of urea groups is 1. The zero-order chi connectivity index (χ0) is 16.2. The summed E-state index contributed by atoms with van der Waals surface area (Å²) in [7, 11) is 0. The number of aromatic amines is 1. The number of carbonyl (C=O) groups is 1. The van der Waals surface area contributed by atoms with Crippen molar-refractivity contribution in [3.8, 4) is 0 Å². The Balaban J connectivity index is 1.63. The largest absolute Gasteiger partial charge is 0.333 e. The first-order valence-electron chi connectivity index (χ1n) is 7.59. The molecular formula is C16H19N5OS. The van der Waals surface area contributed by atoms with Crippen LogP contribution in [0.5, 0.6) is 0 Å². The van der Waals surface area contributed by atoms with Crippen LogP contribution in [0.1, 0.15) is 28.9 Å². The Bertz CT molecular complexity index is 823. The van der Waals surface area contributed by atoms with E-state index in [1.807, 2.05) is 25.1 Å². The maximum atomic E-state index is 12.1. The number of nitrogens with zero attached hydrogens (tertiary/aromatic N) is 2. The quantitative estimate of drug-likeness (QED) is 0.669. The third-order valence-corrected chi connectivity index (χ3v) is 4.76. The van der Waals surface area contributed by atoms with E-state index in [-0.39, 0.29) is 6.03 Å². The second-order valence-corrected chi connectivity index (χ2v) is 6.48. The van der Waals surface area contributed by atoms with Gasteiger partial charge >= 0.3 is 6.03 Å². The van der Waals surface area contributed by atoms with Crippen molar-refractivity contribution in [2.45, 2.75) is 33.2 Å². The number of rotatable bonds is 5. The molecule has 120 valence electrons. The van der Waals surface area contributed by atoms with E-state index in [1.165, 1.54) is 0 Å². The molecule has 0 fully saturated rings. The van der Waals surface area contributed by atoms with Gasteiger partial charge in [0, 0.05) is 10.3 Å². The molecule has 2 heterocycles. The monoisotopic (exact) mass is 329 g/mol. The minimum absolute atomic E-state index is 0.233. The van der Waals surface area contributed by atoms with Crippen LogP contribution in [0, 0.1) is 6.92 Å². The molecule has 0 aliphatic rings. The number of hydrogen-bond acceptors (Lipinski definition) is 4. The van der Waals surface area contributed by atoms with E-state index in [9.17, 15) is 4.79 Å². The Labute approximate surface area is 138 Å². The first kappa shape index (κ1) is 15.5. The van der Waals surface area contributed by atoms with Crippen LogP contribution in [-0.2, 0) is 13.0 Å². The van der Waals surface area contributed by atoms with Crippen molar-refractivity contribution >= 4 is 34.0 Å². The first-order valence-corrected chi connectivity index (χ1v) is 8.41. The molecule has 1 aromatic carbocycles. The Morgan fingerprint density at radius 2 is 2.26 bits per heavy atom. The SMILES string of the molecule is CCCc1nc(C)c(CNC(=O)Nc2cccc3[nH]ncc23)s1. The molecule has 0 atom stereocenters. The van der Waals surface area contributed by atoms with E-state index in [4.69, 9.17) is 0 Å². The minimum atomic E-state index is -0.233. The van der Waals surface area contributed by atoms with Gasteiger partial charge in [-0.05, 0) is 31.9 Å². The molecule has 6 nitrogen and oxygen atoms in total. The van der Waals surface area contributed by atoms with Gasteiger partial charge in [0.15, 0.2) is 0 Å². The fraction of sp³-hybridized carbons (Fsp3) is 0.312. The normalized spacial score (nSPS) is 10.9. The zero-order valence-corrected chi connectivity index (χ0v) is 14.0. The van der Waals surface area contributed by atoms with Gasteiger partial charge in [-0.3, -0.25) is 5.10 Å². The maximum Gasteiger partial charge on any atom is 0.319 e. The molecule has 3 rings (SSSR count). The Kier molecular flexibility index (Phi) is 4.57. The van der Waals surface area contributed by atoms with Crippen LogP contribution in [0.2, 0.25) is 0 Å². The number of benzene rings is 1. The molecule has 3 aromatic rings. The summed E-state index contributed by atoms with van der Waals surface area (Å²) in [5.41, 5.74) is 2.63. The number of amides is 2. The van der Waals surface area contributed by atoms with Crippen LogP contribution in [0.15, 0.2) is 24.4 Å². The van der Waals surface area contributed by atoms with Gasteiger partial charge < -0.3 is 10.6 Å². The van der Waals surface area contributed by atoms with Crippen molar-refractivity contribution in [1.29, 1.82) is 0 Å². The van der Waals surface area contributed by atoms with Gasteiger partial charge in [-0.15, -0.1) is 11.3 Å². The van der Waals surface area contributed by atoms with Crippen LogP contribution in [0.25, 0.3) is 10.9 Å². The number of thiazole rings is 1. The number of carbonyl (C=O) groups excluding carboxylic acids is 1. The van der Waals surface area contributed by atoms with Crippen LogP contribution in [0.4, 0.5) is 10.5 Å². The molecule has 3 N–H and O–H groups in total. The summed E-state index contributed by atoms with van der Waals surface area (Å²) < 4.78 is 0. The summed E-state index contributed by atoms with van der Waals surface area (Å²) in [6.45, 7) is 4.61. The fourth-order valence-electron chi connectivity index (χ4n) is 2.38. The number of hydrogen-bond donors (Lipinski definition) is 3. The summed E-state index contributed by atoms with van der Waals surface area (Å²) in [6.07, 6.45) is 3.77. The second-order valence-electron chi connectivity index (χ2n) is 5.31. The third-order valence-electron chi connectivity index (χ3n) is 3.54. The molecule has 0 unspecified atom stereocenters. The number of anilines is 1. The molecule has 0 radical (unpaired) electrons. The molecule has 0 saturated carbocycles. The van der Waals surface area contributed by atoms with Gasteiger partial charge in [0.25, 0.3) is 0 Å². The van der Waals surface area contributed by atoms with Crippen LogP contribution < -0.4 is 10.6 Å². The maximum absolute atomic E-state index is 12.1. The summed E-state index contributed by atoms with van der Waals surface area (Å²) in [5, 5.41) is 14.7. The molecular weight excluding hydrogens is 310 g/mol. The average Bonchev–Trinajstić information content (AvgIpc) is 3.13. The van der Waals surface area contributed by atoms with Gasteiger partial charge in [-0.1, -0.05) is 13.0 Å². The molecule has 0 aliphatic carbocycles. The zero-order valence-electron chi connectivity index (χ0n) is 13.1. The lowest BCUT2D eigenvalue weighted by molar-refractivity contribution is 0.252. The minimum Gasteiger partial charge on any atom is -0.333 e. The number of aromatic nitrogens is 3. The average molecular weight is 329 g/mol. The van der Waals surface area contributed by atoms with Gasteiger partial charge in [0.2, 0.25) is 0 Å². The molecule has 7 heteroatoms. The van der Waals surface area contributed by atoms with Crippen molar-refractivity contribution in [2.24, 2.45) is 0 Å². The summed E-state index contributed by atoms with van der Waals surface area (Å²) >= 11 is 1.67. The van der Waals surface area contributed by atoms with Gasteiger partial charge in [0.05, 0.1) is 34.6 Å². The summed E-state index contributed by atoms with van der Waals surface area (Å²) in [5.74, 6) is 0. The summed E-state index contributed by atoms with van der Waals surface area (Å²) in [6, 6.07) is 5.42. The van der Waals surface area contributed by atoms with Crippen LogP contribution >= 0.6 is 11.3 Å². The van der Waals surface area contributed by atoms with E-state index < -0.39 is 0 Å². The molecule has 0 spiro atoms. The lowest BCUT2D eigenvalue weighted by Crippen LogP contribution is -2.28. The second kappa shape index (κ2) is 6.78. The predicted octanol–water partition coefficient (Wildman–Crippen LogP) is 3.60. The van der Waals surface area contributed by atoms with Gasteiger partial charge in [-0.2, -0.15) is 5.10 Å². The smallest absolute Gasteiger partial charge is 0.319 e. The number of fused-ring (bicyclic) bond motifs is 1. The van der Waals surface area contributed by atoms with E-state index in [1.54, 1.807) is 17.5 Å². The van der Waals surface area contributed by atoms with E-state index >= 15 is 0 Å². The Morgan fingerprint density at radius 3 is 3.09 bits per heavy atom. The van der Waals surface area contributed by atoms with E-state index in [2.05, 4.69) is 32.7 Å². The van der Waals surface area contributed by atoms with Crippen LogP contribution in [0.3, 0.4) is 0 Å². The summed E-state index contributed by atoms with van der Waals surface area (Å²) in [4.78, 5) is 17.8. The standard InChI is InChI=1S/C16H19N5OS/c1-3-5-15-19-10(2)14(23-15)9-17-16(22)20-12-6-4-7-13-11(12)8-18-21-13/h4,6-8H,3,5,9H2,1-2H3,(H,18,21)(H2,17,20,22). The number of nitrogens with one attached hydrogen (secondary N) is 3. The fourth-order valence-corrected chi connectivity index (χ4v) is 3.49.